The number of benzene rings is 1. The number of guanidine groups is 1. The fourth-order valence-corrected chi connectivity index (χ4v) is 2.45. The van der Waals surface area contributed by atoms with Gasteiger partial charge in [0.2, 0.25) is 0 Å². The van der Waals surface area contributed by atoms with E-state index in [4.69, 9.17) is 0 Å². The second-order valence-corrected chi connectivity index (χ2v) is 6.23. The molecule has 0 atom stereocenters. The van der Waals surface area contributed by atoms with Crippen molar-refractivity contribution in [3.8, 4) is 0 Å². The number of halogens is 5. The fourth-order valence-electron chi connectivity index (χ4n) is 2.45. The molecular formula is C19H24F4IN5. The van der Waals surface area contributed by atoms with Crippen molar-refractivity contribution >= 4 is 35.8 Å². The highest BCUT2D eigenvalue weighted by atomic mass is 127. The molecule has 0 saturated heterocycles. The molecule has 1 aromatic carbocycles. The molecule has 2 rings (SSSR count). The van der Waals surface area contributed by atoms with Crippen LogP contribution in [0.5, 0.6) is 0 Å². The van der Waals surface area contributed by atoms with Crippen LogP contribution in [0, 0.1) is 5.82 Å². The van der Waals surface area contributed by atoms with Crippen molar-refractivity contribution in [2.45, 2.75) is 26.2 Å². The van der Waals surface area contributed by atoms with Crippen molar-refractivity contribution in [2.24, 2.45) is 4.99 Å². The molecular weight excluding hydrogens is 501 g/mol. The molecule has 5 nitrogen and oxygen atoms in total. The summed E-state index contributed by atoms with van der Waals surface area (Å²) in [5.41, 5.74) is -0.360. The van der Waals surface area contributed by atoms with E-state index in [1.165, 1.54) is 0 Å². The highest BCUT2D eigenvalue weighted by Gasteiger charge is 2.33. The number of hydrogen-bond acceptors (Lipinski definition) is 3. The molecule has 0 aliphatic carbocycles. The first kappa shape index (κ1) is 24.9. The van der Waals surface area contributed by atoms with E-state index in [1.54, 1.807) is 0 Å². The standard InChI is InChI=1S/C19H23F4N5.HI/c1-4-24-18(26-12-15-6-5-7-17(27-15)28(2)3)25-11-13-8-9-14(20)10-16(13)19(21,22)23;/h5-10H,4,11-12H2,1-3H3,(H2,24,25,26);1H. The maximum Gasteiger partial charge on any atom is 0.416 e. The average molecular weight is 525 g/mol. The number of pyridine rings is 1. The molecule has 1 aromatic heterocycles. The smallest absolute Gasteiger partial charge is 0.363 e. The van der Waals surface area contributed by atoms with E-state index in [9.17, 15) is 17.6 Å². The van der Waals surface area contributed by atoms with Crippen molar-refractivity contribution in [2.75, 3.05) is 25.5 Å². The number of hydrogen-bond donors (Lipinski definition) is 2. The van der Waals surface area contributed by atoms with Crippen molar-refractivity contribution in [1.29, 1.82) is 0 Å². The molecule has 0 bridgehead atoms. The molecule has 1 heterocycles. The summed E-state index contributed by atoms with van der Waals surface area (Å²) >= 11 is 0. The summed E-state index contributed by atoms with van der Waals surface area (Å²) in [5.74, 6) is 0.205. The molecule has 0 amide bonds. The normalized spacial score (nSPS) is 11.6. The van der Waals surface area contributed by atoms with E-state index >= 15 is 0 Å². The van der Waals surface area contributed by atoms with Crippen LogP contribution in [0.1, 0.15) is 23.7 Å². The van der Waals surface area contributed by atoms with Gasteiger partial charge in [0.1, 0.15) is 11.6 Å². The molecule has 0 spiro atoms. The van der Waals surface area contributed by atoms with Crippen LogP contribution in [0.4, 0.5) is 23.4 Å². The minimum Gasteiger partial charge on any atom is -0.363 e. The van der Waals surface area contributed by atoms with E-state index in [0.717, 1.165) is 23.6 Å². The Morgan fingerprint density at radius 1 is 1.14 bits per heavy atom. The third kappa shape index (κ3) is 7.67. The number of anilines is 1. The van der Waals surface area contributed by atoms with Gasteiger partial charge in [-0.15, -0.1) is 24.0 Å². The van der Waals surface area contributed by atoms with Gasteiger partial charge in [0.25, 0.3) is 0 Å². The lowest BCUT2D eigenvalue weighted by Gasteiger charge is -2.15. The van der Waals surface area contributed by atoms with Gasteiger partial charge in [-0.2, -0.15) is 13.2 Å². The Kier molecular flexibility index (Phi) is 9.60. The van der Waals surface area contributed by atoms with Crippen molar-refractivity contribution in [3.63, 3.8) is 0 Å². The lowest BCUT2D eigenvalue weighted by molar-refractivity contribution is -0.138. The Balaban J connectivity index is 0.00000420. The summed E-state index contributed by atoms with van der Waals surface area (Å²) in [7, 11) is 3.76. The lowest BCUT2D eigenvalue weighted by atomic mass is 10.1. The third-order valence-corrected chi connectivity index (χ3v) is 3.82. The van der Waals surface area contributed by atoms with E-state index < -0.39 is 17.6 Å². The van der Waals surface area contributed by atoms with Gasteiger partial charge in [-0.3, -0.25) is 0 Å². The Hall–Kier alpha value is -2.11. The molecule has 2 aromatic rings. The fraction of sp³-hybridized carbons (Fsp3) is 0.368. The lowest BCUT2D eigenvalue weighted by Crippen LogP contribution is -2.37. The van der Waals surface area contributed by atoms with E-state index in [0.29, 0.717) is 25.1 Å². The minimum atomic E-state index is -4.64. The van der Waals surface area contributed by atoms with Gasteiger partial charge in [0.15, 0.2) is 5.96 Å². The van der Waals surface area contributed by atoms with Crippen LogP contribution in [0.25, 0.3) is 0 Å². The number of aromatic nitrogens is 1. The number of aliphatic imine (C=N–C) groups is 1. The van der Waals surface area contributed by atoms with Crippen LogP contribution in [0.2, 0.25) is 0 Å². The molecule has 0 saturated carbocycles. The summed E-state index contributed by atoms with van der Waals surface area (Å²) in [6.45, 7) is 2.49. The Morgan fingerprint density at radius 3 is 2.48 bits per heavy atom. The van der Waals surface area contributed by atoms with E-state index in [-0.39, 0.29) is 36.1 Å². The molecule has 29 heavy (non-hydrogen) atoms. The van der Waals surface area contributed by atoms with Crippen LogP contribution >= 0.6 is 24.0 Å². The number of nitrogens with one attached hydrogen (secondary N) is 2. The zero-order valence-corrected chi connectivity index (χ0v) is 18.7. The number of alkyl halides is 3. The summed E-state index contributed by atoms with van der Waals surface area (Å²) in [6, 6.07) is 8.17. The average Bonchev–Trinajstić information content (AvgIpc) is 2.64. The van der Waals surface area contributed by atoms with E-state index in [2.05, 4.69) is 20.6 Å². The van der Waals surface area contributed by atoms with Crippen molar-refractivity contribution in [3.05, 3.63) is 59.0 Å². The predicted molar refractivity (Wildman–Crippen MR) is 117 cm³/mol. The van der Waals surface area contributed by atoms with Crippen LogP contribution in [-0.4, -0.2) is 31.6 Å². The SMILES string of the molecule is CCNC(=NCc1ccc(F)cc1C(F)(F)F)NCc1cccc(N(C)C)n1.I. The van der Waals surface area contributed by atoms with Gasteiger partial charge in [0.05, 0.1) is 24.3 Å². The van der Waals surface area contributed by atoms with Gasteiger partial charge in [-0.05, 0) is 36.8 Å². The molecule has 2 N–H and O–H groups in total. The summed E-state index contributed by atoms with van der Waals surface area (Å²) in [5, 5.41) is 6.02. The van der Waals surface area contributed by atoms with E-state index in [1.807, 2.05) is 44.1 Å². The number of rotatable bonds is 6. The van der Waals surface area contributed by atoms with Gasteiger partial charge in [0, 0.05) is 20.6 Å². The highest BCUT2D eigenvalue weighted by molar-refractivity contribution is 14.0. The van der Waals surface area contributed by atoms with Crippen LogP contribution in [0.15, 0.2) is 41.4 Å². The van der Waals surface area contributed by atoms with Crippen molar-refractivity contribution < 1.29 is 17.6 Å². The topological polar surface area (TPSA) is 52.6 Å². The molecule has 10 heteroatoms. The highest BCUT2D eigenvalue weighted by Crippen LogP contribution is 2.32. The largest absolute Gasteiger partial charge is 0.416 e. The zero-order chi connectivity index (χ0) is 20.7. The maximum absolute atomic E-state index is 13.2. The zero-order valence-electron chi connectivity index (χ0n) is 16.3. The third-order valence-electron chi connectivity index (χ3n) is 3.82. The molecule has 0 unspecified atom stereocenters. The minimum absolute atomic E-state index is 0. The van der Waals surface area contributed by atoms with Gasteiger partial charge < -0.3 is 15.5 Å². The summed E-state index contributed by atoms with van der Waals surface area (Å²) in [6.07, 6.45) is -4.64. The Bertz CT molecular complexity index is 824. The van der Waals surface area contributed by atoms with Gasteiger partial charge in [-0.25, -0.2) is 14.4 Å². The Labute approximate surface area is 184 Å². The van der Waals surface area contributed by atoms with Crippen LogP contribution in [-0.2, 0) is 19.3 Å². The summed E-state index contributed by atoms with van der Waals surface area (Å²) < 4.78 is 52.6. The second kappa shape index (κ2) is 11.2. The predicted octanol–water partition coefficient (Wildman–Crippen LogP) is 4.18. The molecule has 0 aliphatic heterocycles. The maximum atomic E-state index is 13.2. The monoisotopic (exact) mass is 525 g/mol. The van der Waals surface area contributed by atoms with Crippen LogP contribution in [0.3, 0.4) is 0 Å². The number of nitrogens with zero attached hydrogens (tertiary/aromatic N) is 3. The second-order valence-electron chi connectivity index (χ2n) is 6.23. The Morgan fingerprint density at radius 2 is 1.86 bits per heavy atom. The quantitative estimate of drug-likeness (QED) is 0.257. The molecule has 0 fully saturated rings. The van der Waals surface area contributed by atoms with Gasteiger partial charge >= 0.3 is 6.18 Å². The molecule has 160 valence electrons. The first-order chi connectivity index (χ1) is 13.2. The molecule has 0 aliphatic rings. The first-order valence-electron chi connectivity index (χ1n) is 8.71. The van der Waals surface area contributed by atoms with Gasteiger partial charge in [-0.1, -0.05) is 12.1 Å². The summed E-state index contributed by atoms with van der Waals surface area (Å²) in [4.78, 5) is 10.5. The molecule has 0 radical (unpaired) electrons. The van der Waals surface area contributed by atoms with Crippen LogP contribution < -0.4 is 15.5 Å². The van der Waals surface area contributed by atoms with Crippen molar-refractivity contribution in [1.82, 2.24) is 15.6 Å². The first-order valence-corrected chi connectivity index (χ1v) is 8.71.